The Labute approximate surface area is 187 Å². The van der Waals surface area contributed by atoms with Crippen LogP contribution in [0.15, 0.2) is 90.6 Å². The Balaban J connectivity index is 1.58. The normalized spacial score (nSPS) is 21.7. The Morgan fingerprint density at radius 2 is 1.56 bits per heavy atom. The third-order valence-electron chi connectivity index (χ3n) is 6.25. The zero-order chi connectivity index (χ0) is 22.1. The Morgan fingerprint density at radius 3 is 2.28 bits per heavy atom. The van der Waals surface area contributed by atoms with E-state index in [-0.39, 0.29) is 29.6 Å². The molecular weight excluding hydrogens is 400 g/mol. The molecule has 1 heterocycles. The van der Waals surface area contributed by atoms with E-state index < -0.39 is 0 Å². The topological polar surface area (TPSA) is 67.4 Å². The number of para-hydroxylation sites is 2. The molecule has 3 aromatic carbocycles. The summed E-state index contributed by atoms with van der Waals surface area (Å²) in [5.74, 6) is -0.509. The number of methoxy groups -OCH3 is 1. The third-order valence-corrected chi connectivity index (χ3v) is 6.25. The number of carbonyl (C=O) groups excluding carboxylic acids is 2. The minimum absolute atomic E-state index is 0.0371. The zero-order valence-electron chi connectivity index (χ0n) is 17.7. The van der Waals surface area contributed by atoms with Gasteiger partial charge in [0.1, 0.15) is 5.78 Å². The van der Waals surface area contributed by atoms with Gasteiger partial charge in [-0.25, -0.2) is 4.79 Å². The second-order valence-electron chi connectivity index (χ2n) is 8.19. The second-order valence-corrected chi connectivity index (χ2v) is 8.19. The largest absolute Gasteiger partial charge is 0.465 e. The van der Waals surface area contributed by atoms with Crippen LogP contribution in [0.1, 0.15) is 39.9 Å². The average Bonchev–Trinajstić information content (AvgIpc) is 3.01. The highest BCUT2D eigenvalue weighted by molar-refractivity contribution is 5.91. The fourth-order valence-corrected chi connectivity index (χ4v) is 4.64. The molecule has 32 heavy (non-hydrogen) atoms. The number of nitrogens with one attached hydrogen (secondary N) is 2. The highest BCUT2D eigenvalue weighted by Crippen LogP contribution is 2.44. The summed E-state index contributed by atoms with van der Waals surface area (Å²) in [5, 5.41) is 7.12. The van der Waals surface area contributed by atoms with Crippen LogP contribution >= 0.6 is 0 Å². The lowest BCUT2D eigenvalue weighted by Crippen LogP contribution is -2.33. The highest BCUT2D eigenvalue weighted by atomic mass is 16.5. The van der Waals surface area contributed by atoms with Gasteiger partial charge >= 0.3 is 5.97 Å². The molecule has 0 amide bonds. The van der Waals surface area contributed by atoms with E-state index in [2.05, 4.69) is 28.8 Å². The number of benzene rings is 3. The van der Waals surface area contributed by atoms with Crippen molar-refractivity contribution in [3.05, 3.63) is 107 Å². The van der Waals surface area contributed by atoms with Crippen molar-refractivity contribution in [1.82, 2.24) is 0 Å². The van der Waals surface area contributed by atoms with Gasteiger partial charge in [-0.05, 0) is 35.4 Å². The van der Waals surface area contributed by atoms with Crippen molar-refractivity contribution in [2.24, 2.45) is 5.92 Å². The van der Waals surface area contributed by atoms with Crippen LogP contribution in [0.5, 0.6) is 0 Å². The van der Waals surface area contributed by atoms with E-state index in [0.29, 0.717) is 12.0 Å². The number of anilines is 2. The summed E-state index contributed by atoms with van der Waals surface area (Å²) < 4.78 is 4.82. The molecule has 1 aliphatic carbocycles. The lowest BCUT2D eigenvalue weighted by molar-refractivity contribution is -0.122. The molecule has 0 spiro atoms. The van der Waals surface area contributed by atoms with E-state index in [9.17, 15) is 9.59 Å². The Hall–Kier alpha value is -3.86. The van der Waals surface area contributed by atoms with Crippen LogP contribution < -0.4 is 10.6 Å². The standard InChI is InChI=1S/C27H24N2O3/c1-32-27(31)19-13-11-18(12-14-19)26-25-23(28-21-9-5-6-10-22(21)29-26)15-20(16-24(25)30)17-7-3-2-4-8-17/h2-15,20,25-26,28-29H,16H2,1H3. The number of fused-ring (bicyclic) bond motifs is 2. The molecule has 3 aromatic rings. The Kier molecular flexibility index (Phi) is 5.23. The van der Waals surface area contributed by atoms with Gasteiger partial charge in [0.05, 0.1) is 36.0 Å². The summed E-state index contributed by atoms with van der Waals surface area (Å²) in [6.45, 7) is 0. The Morgan fingerprint density at radius 1 is 0.875 bits per heavy atom. The number of hydrogen-bond donors (Lipinski definition) is 2. The number of esters is 1. The van der Waals surface area contributed by atoms with Crippen LogP contribution in [0.25, 0.3) is 0 Å². The zero-order valence-corrected chi connectivity index (χ0v) is 17.7. The van der Waals surface area contributed by atoms with Gasteiger partial charge in [-0.15, -0.1) is 0 Å². The summed E-state index contributed by atoms with van der Waals surface area (Å²) in [7, 11) is 1.37. The minimum atomic E-state index is -0.377. The average molecular weight is 425 g/mol. The van der Waals surface area contributed by atoms with Crippen molar-refractivity contribution >= 4 is 23.1 Å². The first-order chi connectivity index (χ1) is 15.6. The van der Waals surface area contributed by atoms with Gasteiger partial charge in [0.2, 0.25) is 0 Å². The first kappa shape index (κ1) is 20.1. The molecule has 5 rings (SSSR count). The maximum atomic E-state index is 13.5. The third kappa shape index (κ3) is 3.66. The molecule has 2 N–H and O–H groups in total. The van der Waals surface area contributed by atoms with E-state index >= 15 is 0 Å². The van der Waals surface area contributed by atoms with Crippen molar-refractivity contribution in [2.45, 2.75) is 18.4 Å². The number of rotatable bonds is 3. The maximum Gasteiger partial charge on any atom is 0.337 e. The maximum absolute atomic E-state index is 13.5. The molecule has 0 saturated carbocycles. The number of carbonyl (C=O) groups is 2. The highest BCUT2D eigenvalue weighted by Gasteiger charge is 2.39. The molecular formula is C27H24N2O3. The van der Waals surface area contributed by atoms with Gasteiger partial charge in [0.15, 0.2) is 0 Å². The first-order valence-corrected chi connectivity index (χ1v) is 10.7. The first-order valence-electron chi connectivity index (χ1n) is 10.7. The molecule has 3 unspecified atom stereocenters. The van der Waals surface area contributed by atoms with Gasteiger partial charge in [-0.1, -0.05) is 60.7 Å². The van der Waals surface area contributed by atoms with Gasteiger partial charge in [-0.3, -0.25) is 4.79 Å². The monoisotopic (exact) mass is 424 g/mol. The van der Waals surface area contributed by atoms with Crippen LogP contribution in [0, 0.1) is 5.92 Å². The molecule has 1 aliphatic heterocycles. The molecule has 0 aromatic heterocycles. The van der Waals surface area contributed by atoms with Crippen molar-refractivity contribution in [1.29, 1.82) is 0 Å². The molecule has 2 aliphatic rings. The molecule has 3 atom stereocenters. The van der Waals surface area contributed by atoms with Crippen LogP contribution in [-0.2, 0) is 9.53 Å². The summed E-state index contributed by atoms with van der Waals surface area (Å²) >= 11 is 0. The molecule has 5 heteroatoms. The summed E-state index contributed by atoms with van der Waals surface area (Å²) in [6, 6.07) is 25.1. The van der Waals surface area contributed by atoms with Crippen molar-refractivity contribution < 1.29 is 14.3 Å². The van der Waals surface area contributed by atoms with Crippen molar-refractivity contribution in [3.63, 3.8) is 0 Å². The van der Waals surface area contributed by atoms with Gasteiger partial charge < -0.3 is 15.4 Å². The van der Waals surface area contributed by atoms with Crippen LogP contribution in [-0.4, -0.2) is 18.9 Å². The van der Waals surface area contributed by atoms with E-state index in [1.165, 1.54) is 7.11 Å². The fourth-order valence-electron chi connectivity index (χ4n) is 4.64. The minimum Gasteiger partial charge on any atom is -0.465 e. The lowest BCUT2D eigenvalue weighted by Gasteiger charge is -2.32. The summed E-state index contributed by atoms with van der Waals surface area (Å²) in [5.41, 5.74) is 5.36. The summed E-state index contributed by atoms with van der Waals surface area (Å²) in [6.07, 6.45) is 2.65. The van der Waals surface area contributed by atoms with E-state index in [4.69, 9.17) is 4.74 Å². The predicted molar refractivity (Wildman–Crippen MR) is 125 cm³/mol. The second kappa shape index (κ2) is 8.35. The van der Waals surface area contributed by atoms with Gasteiger partial charge in [0, 0.05) is 18.0 Å². The van der Waals surface area contributed by atoms with Gasteiger partial charge in [-0.2, -0.15) is 0 Å². The Bertz CT molecular complexity index is 1190. The van der Waals surface area contributed by atoms with E-state index in [0.717, 1.165) is 28.2 Å². The van der Waals surface area contributed by atoms with E-state index in [1.807, 2.05) is 54.6 Å². The predicted octanol–water partition coefficient (Wildman–Crippen LogP) is 5.31. The number of allylic oxidation sites excluding steroid dienone is 1. The molecule has 160 valence electrons. The molecule has 0 saturated heterocycles. The van der Waals surface area contributed by atoms with Crippen LogP contribution in [0.2, 0.25) is 0 Å². The van der Waals surface area contributed by atoms with Gasteiger partial charge in [0.25, 0.3) is 0 Å². The number of ketones is 1. The SMILES string of the molecule is COC(=O)c1ccc(C2Nc3ccccc3NC3=CC(c4ccccc4)CC(=O)C32)cc1. The fraction of sp³-hybridized carbons (Fsp3) is 0.185. The number of Topliss-reactive ketones (excluding diaryl/α,β-unsaturated/α-hetero) is 1. The number of ether oxygens (including phenoxy) is 1. The van der Waals surface area contributed by atoms with Crippen molar-refractivity contribution in [2.75, 3.05) is 17.7 Å². The molecule has 0 bridgehead atoms. The van der Waals surface area contributed by atoms with Crippen LogP contribution in [0.4, 0.5) is 11.4 Å². The molecule has 0 radical (unpaired) electrons. The quantitative estimate of drug-likeness (QED) is 0.558. The molecule has 5 nitrogen and oxygen atoms in total. The number of hydrogen-bond acceptors (Lipinski definition) is 5. The van der Waals surface area contributed by atoms with Crippen LogP contribution in [0.3, 0.4) is 0 Å². The smallest absolute Gasteiger partial charge is 0.337 e. The van der Waals surface area contributed by atoms with Crippen molar-refractivity contribution in [3.8, 4) is 0 Å². The lowest BCUT2D eigenvalue weighted by atomic mass is 9.76. The molecule has 0 fully saturated rings. The van der Waals surface area contributed by atoms with E-state index in [1.54, 1.807) is 12.1 Å². The summed E-state index contributed by atoms with van der Waals surface area (Å²) in [4.78, 5) is 25.4.